The van der Waals surface area contributed by atoms with E-state index in [1.54, 1.807) is 0 Å². The molecule has 0 unspecified atom stereocenters. The SMILES string of the molecule is c1ccc(-c2ccc(-c3nc(-c4ccc(-c5ccccc5)cc4)nc(-c4cccc(-c5ccc(-c6cccc(-c7nc8ccccc8c8ccc9ccccc9c78)c6)cc5)c4)n3)cc2)cc1. The van der Waals surface area contributed by atoms with Gasteiger partial charge in [-0.3, -0.25) is 0 Å². The van der Waals surface area contributed by atoms with E-state index in [-0.39, 0.29) is 0 Å². The molecule has 0 aliphatic heterocycles. The molecule has 12 aromatic rings. The number of aromatic nitrogens is 4. The van der Waals surface area contributed by atoms with Crippen LogP contribution in [0.15, 0.2) is 243 Å². The molecule has 0 saturated carbocycles. The van der Waals surface area contributed by atoms with Gasteiger partial charge in [-0.05, 0) is 78.9 Å². The highest BCUT2D eigenvalue weighted by atomic mass is 15.0. The van der Waals surface area contributed by atoms with Crippen LogP contribution in [0, 0.1) is 0 Å². The van der Waals surface area contributed by atoms with Gasteiger partial charge in [-0.1, -0.05) is 224 Å². The maximum atomic E-state index is 5.31. The molecule has 0 radical (unpaired) electrons. The molecule has 0 saturated heterocycles. The fourth-order valence-electron chi connectivity index (χ4n) is 9.12. The van der Waals surface area contributed by atoms with Crippen molar-refractivity contribution in [2.75, 3.05) is 0 Å². The first-order chi connectivity index (χ1) is 32.7. The number of benzene rings is 10. The number of hydrogen-bond donors (Lipinski definition) is 0. The Balaban J connectivity index is 0.890. The van der Waals surface area contributed by atoms with Crippen LogP contribution in [-0.2, 0) is 0 Å². The van der Waals surface area contributed by atoms with E-state index in [0.29, 0.717) is 17.5 Å². The van der Waals surface area contributed by atoms with Crippen molar-refractivity contribution in [2.45, 2.75) is 0 Å². The van der Waals surface area contributed by atoms with Crippen LogP contribution in [0.4, 0.5) is 0 Å². The van der Waals surface area contributed by atoms with Gasteiger partial charge in [0.15, 0.2) is 17.5 Å². The van der Waals surface area contributed by atoms with Gasteiger partial charge in [-0.2, -0.15) is 0 Å². The van der Waals surface area contributed by atoms with Crippen LogP contribution in [0.1, 0.15) is 0 Å². The maximum Gasteiger partial charge on any atom is 0.164 e. The molecule has 0 spiro atoms. The van der Waals surface area contributed by atoms with E-state index in [4.69, 9.17) is 19.9 Å². The van der Waals surface area contributed by atoms with Gasteiger partial charge < -0.3 is 0 Å². The summed E-state index contributed by atoms with van der Waals surface area (Å²) in [6.45, 7) is 0. The highest BCUT2D eigenvalue weighted by Crippen LogP contribution is 2.39. The third-order valence-electron chi connectivity index (χ3n) is 12.5. The molecule has 308 valence electrons. The molecule has 0 aliphatic carbocycles. The Labute approximate surface area is 383 Å². The molecule has 4 nitrogen and oxygen atoms in total. The molecular weight excluding hydrogens is 801 g/mol. The second-order valence-electron chi connectivity index (χ2n) is 16.6. The number of pyridine rings is 1. The summed E-state index contributed by atoms with van der Waals surface area (Å²) in [5.74, 6) is 1.87. The molecule has 0 atom stereocenters. The summed E-state index contributed by atoms with van der Waals surface area (Å²) in [6, 6.07) is 85.3. The lowest BCUT2D eigenvalue weighted by molar-refractivity contribution is 1.07. The van der Waals surface area contributed by atoms with Crippen LogP contribution in [0.25, 0.3) is 122 Å². The minimum atomic E-state index is 0.618. The summed E-state index contributed by atoms with van der Waals surface area (Å²) in [7, 11) is 0. The van der Waals surface area contributed by atoms with Crippen molar-refractivity contribution in [3.8, 4) is 89.9 Å². The van der Waals surface area contributed by atoms with Gasteiger partial charge in [-0.15, -0.1) is 0 Å². The van der Waals surface area contributed by atoms with Gasteiger partial charge in [0.2, 0.25) is 0 Å². The zero-order chi connectivity index (χ0) is 43.8. The molecule has 12 rings (SSSR count). The summed E-state index contributed by atoms with van der Waals surface area (Å²) in [4.78, 5) is 20.6. The zero-order valence-corrected chi connectivity index (χ0v) is 35.9. The lowest BCUT2D eigenvalue weighted by Crippen LogP contribution is -2.00. The van der Waals surface area contributed by atoms with Crippen molar-refractivity contribution in [1.29, 1.82) is 0 Å². The Bertz CT molecular complexity index is 3610. The van der Waals surface area contributed by atoms with Crippen LogP contribution in [0.3, 0.4) is 0 Å². The smallest absolute Gasteiger partial charge is 0.164 e. The van der Waals surface area contributed by atoms with Crippen LogP contribution < -0.4 is 0 Å². The van der Waals surface area contributed by atoms with Gasteiger partial charge in [0.05, 0.1) is 11.2 Å². The maximum absolute atomic E-state index is 5.31. The lowest BCUT2D eigenvalue weighted by Gasteiger charge is -2.14. The van der Waals surface area contributed by atoms with Gasteiger partial charge in [0, 0.05) is 33.0 Å². The second-order valence-corrected chi connectivity index (χ2v) is 16.6. The summed E-state index contributed by atoms with van der Waals surface area (Å²) in [5.41, 5.74) is 14.9. The largest absolute Gasteiger partial charge is 0.247 e. The monoisotopic (exact) mass is 840 g/mol. The molecule has 10 aromatic carbocycles. The molecule has 2 aromatic heterocycles. The Kier molecular flexibility index (Phi) is 9.81. The standard InChI is InChI=1S/C62H40N4/c1-3-13-41(14-4-1)43-29-33-48(34-30-43)60-64-61(49-35-31-44(32-36-49)42-15-5-2-6-16-42)66-62(65-60)53-21-12-19-51(40-53)46-27-25-45(26-28-46)50-18-11-20-52(39-50)59-58-54-22-8-7-17-47(54)37-38-56(58)55-23-9-10-24-57(55)63-59/h1-40H. The quantitative estimate of drug-likeness (QED) is 0.143. The summed E-state index contributed by atoms with van der Waals surface area (Å²) < 4.78 is 0. The zero-order valence-electron chi connectivity index (χ0n) is 35.9. The molecule has 0 bridgehead atoms. The van der Waals surface area contributed by atoms with Gasteiger partial charge in [-0.25, -0.2) is 19.9 Å². The molecule has 4 heteroatoms. The molecule has 0 amide bonds. The van der Waals surface area contributed by atoms with Gasteiger partial charge >= 0.3 is 0 Å². The van der Waals surface area contributed by atoms with E-state index < -0.39 is 0 Å². The van der Waals surface area contributed by atoms with Crippen molar-refractivity contribution < 1.29 is 0 Å². The number of fused-ring (bicyclic) bond motifs is 5. The first kappa shape index (κ1) is 38.8. The van der Waals surface area contributed by atoms with E-state index >= 15 is 0 Å². The highest BCUT2D eigenvalue weighted by Gasteiger charge is 2.16. The predicted octanol–water partition coefficient (Wildman–Crippen LogP) is 16.1. The number of hydrogen-bond acceptors (Lipinski definition) is 4. The van der Waals surface area contributed by atoms with Crippen LogP contribution in [0.5, 0.6) is 0 Å². The van der Waals surface area contributed by atoms with Gasteiger partial charge in [0.25, 0.3) is 0 Å². The van der Waals surface area contributed by atoms with Crippen molar-refractivity contribution in [3.05, 3.63) is 243 Å². The van der Waals surface area contributed by atoms with Crippen molar-refractivity contribution in [1.82, 2.24) is 19.9 Å². The molecule has 2 heterocycles. The second kappa shape index (κ2) is 16.7. The first-order valence-electron chi connectivity index (χ1n) is 22.3. The minimum Gasteiger partial charge on any atom is -0.247 e. The molecule has 0 fully saturated rings. The number of rotatable bonds is 8. The third-order valence-corrected chi connectivity index (χ3v) is 12.5. The summed E-state index contributed by atoms with van der Waals surface area (Å²) in [6.07, 6.45) is 0. The lowest BCUT2D eigenvalue weighted by atomic mass is 9.93. The Hall–Kier alpha value is -8.86. The third kappa shape index (κ3) is 7.36. The van der Waals surface area contributed by atoms with E-state index in [2.05, 4.69) is 231 Å². The van der Waals surface area contributed by atoms with Gasteiger partial charge in [0.1, 0.15) is 0 Å². The van der Waals surface area contributed by atoms with Crippen LogP contribution in [-0.4, -0.2) is 19.9 Å². The summed E-state index contributed by atoms with van der Waals surface area (Å²) >= 11 is 0. The predicted molar refractivity (Wildman–Crippen MR) is 274 cm³/mol. The number of nitrogens with zero attached hydrogens (tertiary/aromatic N) is 4. The average molecular weight is 841 g/mol. The summed E-state index contributed by atoms with van der Waals surface area (Å²) in [5, 5.41) is 5.97. The van der Waals surface area contributed by atoms with Crippen LogP contribution in [0.2, 0.25) is 0 Å². The molecule has 66 heavy (non-hydrogen) atoms. The normalized spacial score (nSPS) is 11.3. The van der Waals surface area contributed by atoms with E-state index in [1.165, 1.54) is 32.7 Å². The highest BCUT2D eigenvalue weighted by molar-refractivity contribution is 6.21. The topological polar surface area (TPSA) is 51.6 Å². The van der Waals surface area contributed by atoms with E-state index in [1.807, 2.05) is 12.1 Å². The van der Waals surface area contributed by atoms with Crippen molar-refractivity contribution in [2.24, 2.45) is 0 Å². The molecule has 0 N–H and O–H groups in total. The van der Waals surface area contributed by atoms with E-state index in [9.17, 15) is 0 Å². The van der Waals surface area contributed by atoms with Crippen LogP contribution >= 0.6 is 0 Å². The molecule has 0 aliphatic rings. The average Bonchev–Trinajstić information content (AvgIpc) is 3.41. The fourth-order valence-corrected chi connectivity index (χ4v) is 9.12. The molecular formula is C62H40N4. The Morgan fingerprint density at radius 3 is 1.18 bits per heavy atom. The minimum absolute atomic E-state index is 0.618. The first-order valence-corrected chi connectivity index (χ1v) is 22.3. The Morgan fingerprint density at radius 2 is 0.606 bits per heavy atom. The Morgan fingerprint density at radius 1 is 0.212 bits per heavy atom. The van der Waals surface area contributed by atoms with E-state index in [0.717, 1.165) is 72.2 Å². The number of para-hydroxylation sites is 1. The van der Waals surface area contributed by atoms with Crippen molar-refractivity contribution >= 4 is 32.4 Å². The fraction of sp³-hybridized carbons (Fsp3) is 0. The van der Waals surface area contributed by atoms with Crippen molar-refractivity contribution in [3.63, 3.8) is 0 Å².